The summed E-state index contributed by atoms with van der Waals surface area (Å²) in [4.78, 5) is 0. The van der Waals surface area contributed by atoms with Gasteiger partial charge in [0.15, 0.2) is 0 Å². The standard InChI is InChI=1S/C50H32O.C36H28O.C33H22O/c1-4-15-33(16-5-1)36-27-29-38(34-17-6-2-7-18-34)45(31-36)43-25-14-26-44-46-32-37(28-30-47(46)51-50(43)44)49-41-23-12-10-21-39(41)48(35-19-8-3-9-20-35)40-22-11-13-24-42(40)49;1-36(2,3)31-19-11-18-29-30-22-24(20-21-32(30)37-35(29)31)34-27-16-9-7-14-25(27)33(23-12-5-4-6-13-23)26-15-8-10-17-28(26)34;1-21-10-9-17-28-29-20-23(18-19-30(29)34-33(21)28)32-26-15-7-5-13-24(26)31(22-11-3-2-4-12-22)25-14-6-8-16-27(25)32/h1-32H;4-22H,1-3H3;2-20H,1H3/i;4D,5D,6D,12D,13D;. The van der Waals surface area contributed by atoms with Gasteiger partial charge >= 0.3 is 0 Å². The summed E-state index contributed by atoms with van der Waals surface area (Å²) >= 11 is 0. The van der Waals surface area contributed by atoms with Crippen LogP contribution >= 0.6 is 0 Å². The molecular weight excluding hydrogens is 1480 g/mol. The predicted molar refractivity (Wildman–Crippen MR) is 519 cm³/mol. The summed E-state index contributed by atoms with van der Waals surface area (Å²) in [6, 6.07) is 138. The highest BCUT2D eigenvalue weighted by Gasteiger charge is 2.26. The number of fused-ring (bicyclic) bond motifs is 15. The maximum absolute atomic E-state index is 8.77. The minimum Gasteiger partial charge on any atom is -0.456 e. The van der Waals surface area contributed by atoms with Crippen molar-refractivity contribution in [2.24, 2.45) is 0 Å². The zero-order valence-corrected chi connectivity index (χ0v) is 67.8. The smallest absolute Gasteiger partial charge is 0.143 e. The number of benzene rings is 21. The number of furan rings is 3. The number of para-hydroxylation sites is 3. The summed E-state index contributed by atoms with van der Waals surface area (Å²) in [5, 5.41) is 20.3. The Morgan fingerprint density at radius 3 is 0.902 bits per heavy atom. The first-order chi connectivity index (χ1) is 62.2. The molecule has 0 atom stereocenters. The first-order valence-corrected chi connectivity index (χ1v) is 41.8. The van der Waals surface area contributed by atoms with Crippen molar-refractivity contribution in [3.05, 3.63) is 436 Å². The van der Waals surface area contributed by atoms with E-state index in [0.717, 1.165) is 110 Å². The monoisotopic (exact) mass is 1560 g/mol. The molecule has 0 bridgehead atoms. The molecule has 0 radical (unpaired) electrons. The zero-order valence-electron chi connectivity index (χ0n) is 72.8. The third-order valence-corrected chi connectivity index (χ3v) is 24.5. The second kappa shape index (κ2) is 30.2. The van der Waals surface area contributed by atoms with Gasteiger partial charge in [-0.15, -0.1) is 0 Å². The largest absolute Gasteiger partial charge is 0.456 e. The molecule has 0 saturated heterocycles. The van der Waals surface area contributed by atoms with E-state index >= 15 is 0 Å². The number of hydrogen-bond acceptors (Lipinski definition) is 3. The van der Waals surface area contributed by atoms with Crippen LogP contribution in [0, 0.1) is 6.92 Å². The molecule has 0 saturated carbocycles. The van der Waals surface area contributed by atoms with Gasteiger partial charge in [-0.3, -0.25) is 0 Å². The average Bonchev–Trinajstić information content (AvgIpc) is 1.52. The van der Waals surface area contributed by atoms with E-state index in [1.165, 1.54) is 121 Å². The van der Waals surface area contributed by atoms with Gasteiger partial charge in [-0.25, -0.2) is 0 Å². The summed E-state index contributed by atoms with van der Waals surface area (Å²) in [5.41, 5.74) is 27.5. The van der Waals surface area contributed by atoms with Crippen molar-refractivity contribution in [1.29, 1.82) is 0 Å². The second-order valence-electron chi connectivity index (χ2n) is 32.8. The third kappa shape index (κ3) is 12.6. The quantitative estimate of drug-likeness (QED) is 0.135. The molecule has 3 nitrogen and oxygen atoms in total. The van der Waals surface area contributed by atoms with Crippen LogP contribution in [-0.4, -0.2) is 0 Å². The summed E-state index contributed by atoms with van der Waals surface area (Å²) < 4.78 is 61.8. The van der Waals surface area contributed by atoms with Gasteiger partial charge in [0.1, 0.15) is 33.5 Å². The van der Waals surface area contributed by atoms with Crippen molar-refractivity contribution in [2.75, 3.05) is 0 Å². The van der Waals surface area contributed by atoms with Crippen LogP contribution in [0.5, 0.6) is 0 Å². The lowest BCUT2D eigenvalue weighted by Crippen LogP contribution is -2.10. The maximum Gasteiger partial charge on any atom is 0.143 e. The first-order valence-electron chi connectivity index (χ1n) is 44.3. The predicted octanol–water partition coefficient (Wildman–Crippen LogP) is 34.3. The highest BCUT2D eigenvalue weighted by Crippen LogP contribution is 2.51. The van der Waals surface area contributed by atoms with Crippen LogP contribution in [0.1, 0.15) is 38.8 Å². The van der Waals surface area contributed by atoms with Crippen LogP contribution in [-0.2, 0) is 5.41 Å². The summed E-state index contributed by atoms with van der Waals surface area (Å²) in [6.45, 7) is 8.68. The van der Waals surface area contributed by atoms with Gasteiger partial charge in [-0.2, -0.15) is 0 Å². The molecule has 3 heterocycles. The molecule has 0 aliphatic carbocycles. The Kier molecular flexibility index (Phi) is 16.7. The van der Waals surface area contributed by atoms with Gasteiger partial charge < -0.3 is 13.3 Å². The van der Waals surface area contributed by atoms with Crippen LogP contribution in [0.2, 0.25) is 0 Å². The highest BCUT2D eigenvalue weighted by atomic mass is 16.3. The molecule has 122 heavy (non-hydrogen) atoms. The van der Waals surface area contributed by atoms with E-state index in [-0.39, 0.29) is 35.1 Å². The Bertz CT molecular complexity index is 8350. The molecule has 24 aromatic rings. The van der Waals surface area contributed by atoms with Gasteiger partial charge in [0.25, 0.3) is 0 Å². The molecule has 0 spiro atoms. The number of aryl methyl sites for hydroxylation is 1. The molecule has 21 aromatic carbocycles. The molecule has 24 rings (SSSR count). The Balaban J connectivity index is 0.000000115. The van der Waals surface area contributed by atoms with Crippen molar-refractivity contribution in [3.63, 3.8) is 0 Å². The normalized spacial score (nSPS) is 12.3. The fourth-order valence-electron chi connectivity index (χ4n) is 19.0. The van der Waals surface area contributed by atoms with E-state index in [1.807, 2.05) is 54.6 Å². The minimum atomic E-state index is -0.394. The van der Waals surface area contributed by atoms with E-state index in [0.29, 0.717) is 5.56 Å². The van der Waals surface area contributed by atoms with Gasteiger partial charge in [0.05, 0.1) is 6.85 Å². The lowest BCUT2D eigenvalue weighted by molar-refractivity contribution is 0.573. The third-order valence-electron chi connectivity index (χ3n) is 24.5. The Hall–Kier alpha value is -15.4. The molecule has 0 fully saturated rings. The minimum absolute atomic E-state index is 0.0676. The molecule has 3 aromatic heterocycles. The van der Waals surface area contributed by atoms with Crippen LogP contribution in [0.25, 0.3) is 231 Å². The van der Waals surface area contributed by atoms with E-state index < -0.39 is 6.04 Å². The molecule has 3 heteroatoms. The molecule has 0 unspecified atom stereocenters. The molecule has 0 aliphatic heterocycles. The van der Waals surface area contributed by atoms with Crippen molar-refractivity contribution in [2.45, 2.75) is 33.1 Å². The summed E-state index contributed by atoms with van der Waals surface area (Å²) in [5.74, 6) is 0. The molecule has 576 valence electrons. The highest BCUT2D eigenvalue weighted by molar-refractivity contribution is 6.26. The van der Waals surface area contributed by atoms with E-state index in [1.54, 1.807) is 0 Å². The molecule has 0 aliphatic rings. The van der Waals surface area contributed by atoms with E-state index in [9.17, 15) is 0 Å². The average molecular weight is 1560 g/mol. The maximum atomic E-state index is 8.77. The van der Waals surface area contributed by atoms with Crippen LogP contribution < -0.4 is 0 Å². The van der Waals surface area contributed by atoms with Crippen LogP contribution in [0.15, 0.2) is 438 Å². The van der Waals surface area contributed by atoms with E-state index in [2.05, 4.69) is 367 Å². The first kappa shape index (κ1) is 67.6. The van der Waals surface area contributed by atoms with Gasteiger partial charge in [-0.05, 0) is 220 Å². The summed E-state index contributed by atoms with van der Waals surface area (Å²) in [6.07, 6.45) is 0. The number of rotatable bonds is 9. The van der Waals surface area contributed by atoms with Gasteiger partial charge in [0.2, 0.25) is 0 Å². The SMILES string of the molecule is Cc1cccc2c1oc1ccc(-c3c4ccccc4c(-c4ccccc4)c4ccccc34)cc12.[2H]c1c([2H])c([2H])c(-c2c3ccccc3c(-c3ccc4oc5c(C(C)(C)C)cccc5c4c3)c3ccccc23)c([2H])c1[2H].c1ccc(-c2ccc(-c3ccccc3)c(-c3cccc4c3oc3ccc(-c5c6ccccc6c(-c6ccccc6)c6ccccc56)cc34)c2)cc1. The lowest BCUT2D eigenvalue weighted by atomic mass is 9.85. The van der Waals surface area contributed by atoms with Gasteiger partial charge in [0, 0.05) is 43.4 Å². The van der Waals surface area contributed by atoms with Crippen LogP contribution in [0.4, 0.5) is 0 Å². The van der Waals surface area contributed by atoms with Crippen LogP contribution in [0.3, 0.4) is 0 Å². The Labute approximate surface area is 714 Å². The topological polar surface area (TPSA) is 39.4 Å². The van der Waals surface area contributed by atoms with Crippen molar-refractivity contribution >= 4 is 130 Å². The summed E-state index contributed by atoms with van der Waals surface area (Å²) in [7, 11) is 0. The molecule has 0 amide bonds. The fraction of sp³-hybridized carbons (Fsp3) is 0.0420. The van der Waals surface area contributed by atoms with Crippen molar-refractivity contribution in [1.82, 2.24) is 0 Å². The van der Waals surface area contributed by atoms with Gasteiger partial charge in [-0.1, -0.05) is 403 Å². The van der Waals surface area contributed by atoms with E-state index in [4.69, 9.17) is 20.1 Å². The van der Waals surface area contributed by atoms with Crippen molar-refractivity contribution in [3.8, 4) is 100 Å². The Morgan fingerprint density at radius 1 is 0.197 bits per heavy atom. The Morgan fingerprint density at radius 2 is 0.500 bits per heavy atom. The van der Waals surface area contributed by atoms with Crippen molar-refractivity contribution < 1.29 is 20.1 Å². The molecular formula is C119H82O3. The fourth-order valence-corrected chi connectivity index (χ4v) is 19.0. The lowest BCUT2D eigenvalue weighted by Gasteiger charge is -2.18. The zero-order chi connectivity index (χ0) is 85.9. The second-order valence-corrected chi connectivity index (χ2v) is 32.8. The number of hydrogen-bond donors (Lipinski definition) is 0. The molecule has 0 N–H and O–H groups in total.